The predicted octanol–water partition coefficient (Wildman–Crippen LogP) is 4.08. The summed E-state index contributed by atoms with van der Waals surface area (Å²) in [6.45, 7) is 0.980. The third kappa shape index (κ3) is 3.40. The summed E-state index contributed by atoms with van der Waals surface area (Å²) in [5.74, 6) is 1.64. The molecule has 2 aromatic heterocycles. The molecule has 2 rings (SSSR count). The first kappa shape index (κ1) is 13.3. The molecule has 0 amide bonds. The van der Waals surface area contributed by atoms with Crippen molar-refractivity contribution in [3.05, 3.63) is 26.4 Å². The Balaban J connectivity index is 2.07. The summed E-state index contributed by atoms with van der Waals surface area (Å²) in [6, 6.07) is 2.03. The van der Waals surface area contributed by atoms with Gasteiger partial charge in [-0.25, -0.2) is 4.98 Å². The lowest BCUT2D eigenvalue weighted by atomic mass is 10.3. The normalized spacial score (nSPS) is 11.0. The van der Waals surface area contributed by atoms with Gasteiger partial charge in [0.05, 0.1) is 14.9 Å². The van der Waals surface area contributed by atoms with Crippen LogP contribution in [0.1, 0.15) is 12.3 Å². The molecule has 6 heteroatoms. The van der Waals surface area contributed by atoms with Crippen molar-refractivity contribution in [3.63, 3.8) is 0 Å². The number of thiophene rings is 1. The first-order chi connectivity index (χ1) is 8.20. The molecule has 0 aliphatic heterocycles. The number of hydrogen-bond acceptors (Lipinski definition) is 4. The third-order valence-corrected chi connectivity index (χ3v) is 5.53. The van der Waals surface area contributed by atoms with E-state index in [0.29, 0.717) is 0 Å². The van der Waals surface area contributed by atoms with Crippen molar-refractivity contribution in [2.45, 2.75) is 12.8 Å². The zero-order chi connectivity index (χ0) is 12.3. The molecule has 0 aromatic carbocycles. The largest absolute Gasteiger partial charge is 0.440 e. The van der Waals surface area contributed by atoms with Crippen LogP contribution in [0.5, 0.6) is 0 Å². The molecular formula is C11H12Br2N2OS. The van der Waals surface area contributed by atoms with Crippen LogP contribution in [-0.4, -0.2) is 18.6 Å². The van der Waals surface area contributed by atoms with Crippen LogP contribution in [0.25, 0.3) is 10.6 Å². The molecule has 2 aromatic rings. The molecule has 0 saturated carbocycles. The molecule has 0 radical (unpaired) electrons. The molecule has 17 heavy (non-hydrogen) atoms. The number of aryl methyl sites for hydroxylation is 1. The smallest absolute Gasteiger partial charge is 0.194 e. The van der Waals surface area contributed by atoms with Gasteiger partial charge >= 0.3 is 0 Å². The van der Waals surface area contributed by atoms with Gasteiger partial charge in [0, 0.05) is 10.9 Å². The Kier molecular flexibility index (Phi) is 4.78. The molecule has 3 nitrogen and oxygen atoms in total. The summed E-state index contributed by atoms with van der Waals surface area (Å²) in [5.41, 5.74) is 0. The Morgan fingerprint density at radius 1 is 1.47 bits per heavy atom. The molecule has 92 valence electrons. The highest BCUT2D eigenvalue weighted by molar-refractivity contribution is 9.13. The van der Waals surface area contributed by atoms with Gasteiger partial charge in [-0.1, -0.05) is 0 Å². The van der Waals surface area contributed by atoms with Gasteiger partial charge in [0.25, 0.3) is 0 Å². The van der Waals surface area contributed by atoms with Gasteiger partial charge in [-0.3, -0.25) is 0 Å². The summed E-state index contributed by atoms with van der Waals surface area (Å²) >= 11 is 8.57. The van der Waals surface area contributed by atoms with E-state index >= 15 is 0 Å². The second-order valence-corrected chi connectivity index (χ2v) is 6.78. The van der Waals surface area contributed by atoms with Crippen LogP contribution in [0.2, 0.25) is 0 Å². The van der Waals surface area contributed by atoms with E-state index in [1.54, 1.807) is 17.5 Å². The number of nitrogens with zero attached hydrogens (tertiary/aromatic N) is 1. The van der Waals surface area contributed by atoms with Crippen molar-refractivity contribution in [1.29, 1.82) is 0 Å². The second kappa shape index (κ2) is 6.13. The van der Waals surface area contributed by atoms with E-state index in [9.17, 15) is 0 Å². The average Bonchev–Trinajstić information content (AvgIpc) is 2.88. The minimum Gasteiger partial charge on any atom is -0.440 e. The molecule has 1 N–H and O–H groups in total. The van der Waals surface area contributed by atoms with Crippen molar-refractivity contribution in [1.82, 2.24) is 10.3 Å². The van der Waals surface area contributed by atoms with Crippen LogP contribution in [0, 0.1) is 0 Å². The van der Waals surface area contributed by atoms with E-state index in [0.717, 1.165) is 44.2 Å². The van der Waals surface area contributed by atoms with Gasteiger partial charge < -0.3 is 9.73 Å². The molecule has 0 saturated heterocycles. The molecular weight excluding hydrogens is 368 g/mol. The maximum absolute atomic E-state index is 5.71. The van der Waals surface area contributed by atoms with Crippen molar-refractivity contribution in [2.75, 3.05) is 13.6 Å². The summed E-state index contributed by atoms with van der Waals surface area (Å²) in [6.07, 6.45) is 3.70. The fraction of sp³-hybridized carbons (Fsp3) is 0.364. The lowest BCUT2D eigenvalue weighted by Gasteiger charge is -1.95. The summed E-state index contributed by atoms with van der Waals surface area (Å²) in [5, 5.41) is 3.11. The average molecular weight is 380 g/mol. The first-order valence-corrected chi connectivity index (χ1v) is 7.65. The zero-order valence-corrected chi connectivity index (χ0v) is 13.3. The van der Waals surface area contributed by atoms with E-state index in [1.165, 1.54) is 0 Å². The summed E-state index contributed by atoms with van der Waals surface area (Å²) in [7, 11) is 1.95. The predicted molar refractivity (Wildman–Crippen MR) is 77.5 cm³/mol. The Bertz CT molecular complexity index is 476. The number of rotatable bonds is 5. The minimum atomic E-state index is 0.802. The Morgan fingerprint density at radius 2 is 2.29 bits per heavy atom. The molecule has 0 spiro atoms. The van der Waals surface area contributed by atoms with Gasteiger partial charge in [0.15, 0.2) is 11.7 Å². The zero-order valence-electron chi connectivity index (χ0n) is 9.30. The molecule has 0 unspecified atom stereocenters. The van der Waals surface area contributed by atoms with Crippen LogP contribution >= 0.6 is 43.2 Å². The van der Waals surface area contributed by atoms with E-state index < -0.39 is 0 Å². The van der Waals surface area contributed by atoms with Crippen LogP contribution in [0.3, 0.4) is 0 Å². The van der Waals surface area contributed by atoms with Gasteiger partial charge in [-0.2, -0.15) is 0 Å². The maximum atomic E-state index is 5.71. The minimum absolute atomic E-state index is 0.802. The standard InChI is InChI=1S/C11H12Br2N2OS/c1-14-4-2-3-10-15-6-8(16-10)9-5-7(12)11(13)17-9/h5-6,14H,2-4H2,1H3. The lowest BCUT2D eigenvalue weighted by Crippen LogP contribution is -2.08. The van der Waals surface area contributed by atoms with E-state index in [-0.39, 0.29) is 0 Å². The number of aromatic nitrogens is 1. The highest BCUT2D eigenvalue weighted by Crippen LogP contribution is 2.38. The van der Waals surface area contributed by atoms with Crippen molar-refractivity contribution >= 4 is 43.2 Å². The summed E-state index contributed by atoms with van der Waals surface area (Å²) < 4.78 is 7.83. The number of nitrogens with one attached hydrogen (secondary N) is 1. The molecule has 0 aliphatic rings. The molecule has 2 heterocycles. The first-order valence-electron chi connectivity index (χ1n) is 5.25. The SMILES string of the molecule is CNCCCc1ncc(-c2cc(Br)c(Br)s2)o1. The quantitative estimate of drug-likeness (QED) is 0.795. The van der Waals surface area contributed by atoms with Gasteiger partial charge in [-0.15, -0.1) is 11.3 Å². The van der Waals surface area contributed by atoms with Crippen molar-refractivity contribution in [3.8, 4) is 10.6 Å². The van der Waals surface area contributed by atoms with Gasteiger partial charge in [-0.05, 0) is 57.9 Å². The van der Waals surface area contributed by atoms with Crippen LogP contribution in [0.15, 0.2) is 24.9 Å². The summed E-state index contributed by atoms with van der Waals surface area (Å²) in [4.78, 5) is 5.36. The fourth-order valence-electron chi connectivity index (χ4n) is 1.42. The maximum Gasteiger partial charge on any atom is 0.194 e. The monoisotopic (exact) mass is 378 g/mol. The topological polar surface area (TPSA) is 38.1 Å². The molecule has 0 bridgehead atoms. The number of oxazole rings is 1. The van der Waals surface area contributed by atoms with E-state index in [1.807, 2.05) is 13.1 Å². The van der Waals surface area contributed by atoms with E-state index in [4.69, 9.17) is 4.42 Å². The van der Waals surface area contributed by atoms with Crippen LogP contribution in [0.4, 0.5) is 0 Å². The van der Waals surface area contributed by atoms with Crippen molar-refractivity contribution < 1.29 is 4.42 Å². The Morgan fingerprint density at radius 3 is 2.94 bits per heavy atom. The second-order valence-electron chi connectivity index (χ2n) is 3.56. The fourth-order valence-corrected chi connectivity index (χ4v) is 3.41. The molecule has 0 atom stereocenters. The van der Waals surface area contributed by atoms with Gasteiger partial charge in [0.1, 0.15) is 0 Å². The third-order valence-electron chi connectivity index (χ3n) is 2.26. The molecule has 0 fully saturated rings. The van der Waals surface area contributed by atoms with Gasteiger partial charge in [0.2, 0.25) is 0 Å². The van der Waals surface area contributed by atoms with Crippen molar-refractivity contribution in [2.24, 2.45) is 0 Å². The van der Waals surface area contributed by atoms with Crippen LogP contribution in [-0.2, 0) is 6.42 Å². The lowest BCUT2D eigenvalue weighted by molar-refractivity contribution is 0.496. The highest BCUT2D eigenvalue weighted by atomic mass is 79.9. The Hall–Kier alpha value is -0.170. The highest BCUT2D eigenvalue weighted by Gasteiger charge is 2.11. The number of halogens is 2. The Labute approximate surface area is 121 Å². The molecule has 0 aliphatic carbocycles. The van der Waals surface area contributed by atoms with E-state index in [2.05, 4.69) is 42.2 Å². The van der Waals surface area contributed by atoms with Crippen LogP contribution < -0.4 is 5.32 Å². The number of hydrogen-bond donors (Lipinski definition) is 1.